The summed E-state index contributed by atoms with van der Waals surface area (Å²) in [7, 11) is 0. The standard InChI is InChI=1S/C17H20N2O2S/c1-3-21-15-8-6-14(7-9-15)19-17(20)12(2)22-16-10-4-13(18)5-11-16/h4-12H,3,18H2,1-2H3,(H,19,20). The van der Waals surface area contributed by atoms with Crippen LogP contribution in [-0.4, -0.2) is 17.8 Å². The van der Waals surface area contributed by atoms with Crippen LogP contribution < -0.4 is 15.8 Å². The van der Waals surface area contributed by atoms with E-state index >= 15 is 0 Å². The molecule has 0 radical (unpaired) electrons. The van der Waals surface area contributed by atoms with E-state index in [1.807, 2.05) is 62.4 Å². The van der Waals surface area contributed by atoms with Crippen LogP contribution >= 0.6 is 11.8 Å². The number of nitrogen functional groups attached to an aromatic ring is 1. The van der Waals surface area contributed by atoms with Gasteiger partial charge >= 0.3 is 0 Å². The minimum Gasteiger partial charge on any atom is -0.494 e. The molecular formula is C17H20N2O2S. The first-order valence-electron chi connectivity index (χ1n) is 7.14. The average molecular weight is 316 g/mol. The maximum absolute atomic E-state index is 12.2. The SMILES string of the molecule is CCOc1ccc(NC(=O)C(C)Sc2ccc(N)cc2)cc1. The van der Waals surface area contributed by atoms with Crippen molar-refractivity contribution in [2.45, 2.75) is 24.0 Å². The topological polar surface area (TPSA) is 64.3 Å². The van der Waals surface area contributed by atoms with Crippen molar-refractivity contribution in [1.29, 1.82) is 0 Å². The summed E-state index contributed by atoms with van der Waals surface area (Å²) in [6, 6.07) is 14.9. The number of thioether (sulfide) groups is 1. The van der Waals surface area contributed by atoms with E-state index in [9.17, 15) is 4.79 Å². The molecule has 2 aromatic rings. The molecule has 1 amide bonds. The summed E-state index contributed by atoms with van der Waals surface area (Å²) in [5, 5.41) is 2.70. The van der Waals surface area contributed by atoms with Crippen LogP contribution in [0.3, 0.4) is 0 Å². The Hall–Kier alpha value is -2.14. The van der Waals surface area contributed by atoms with Gasteiger partial charge in [0.05, 0.1) is 11.9 Å². The van der Waals surface area contributed by atoms with Crippen molar-refractivity contribution in [3.63, 3.8) is 0 Å². The Labute approximate surface area is 135 Å². The van der Waals surface area contributed by atoms with Crippen LogP contribution in [0.15, 0.2) is 53.4 Å². The van der Waals surface area contributed by atoms with Crippen molar-refractivity contribution in [3.8, 4) is 5.75 Å². The number of anilines is 2. The van der Waals surface area contributed by atoms with E-state index in [2.05, 4.69) is 5.32 Å². The quantitative estimate of drug-likeness (QED) is 0.629. The van der Waals surface area contributed by atoms with Gasteiger partial charge in [-0.25, -0.2) is 0 Å². The number of carbonyl (C=O) groups excluding carboxylic acids is 1. The molecule has 0 aliphatic heterocycles. The molecule has 0 saturated carbocycles. The predicted molar refractivity (Wildman–Crippen MR) is 92.4 cm³/mol. The lowest BCUT2D eigenvalue weighted by Crippen LogP contribution is -2.22. The van der Waals surface area contributed by atoms with Crippen molar-refractivity contribution in [3.05, 3.63) is 48.5 Å². The fraction of sp³-hybridized carbons (Fsp3) is 0.235. The number of nitrogens with one attached hydrogen (secondary N) is 1. The van der Waals surface area contributed by atoms with E-state index < -0.39 is 0 Å². The first-order chi connectivity index (χ1) is 10.6. The Bertz CT molecular complexity index is 612. The lowest BCUT2D eigenvalue weighted by Gasteiger charge is -2.12. The van der Waals surface area contributed by atoms with E-state index in [0.29, 0.717) is 6.61 Å². The fourth-order valence-electron chi connectivity index (χ4n) is 1.85. The zero-order chi connectivity index (χ0) is 15.9. The van der Waals surface area contributed by atoms with Gasteiger partial charge in [-0.2, -0.15) is 0 Å². The molecule has 116 valence electrons. The molecule has 22 heavy (non-hydrogen) atoms. The number of hydrogen-bond donors (Lipinski definition) is 2. The third-order valence-electron chi connectivity index (χ3n) is 3.00. The molecule has 0 fully saturated rings. The Morgan fingerprint density at radius 1 is 1.18 bits per heavy atom. The number of amides is 1. The van der Waals surface area contributed by atoms with Crippen molar-refractivity contribution in [2.75, 3.05) is 17.7 Å². The Balaban J connectivity index is 1.91. The lowest BCUT2D eigenvalue weighted by molar-refractivity contribution is -0.115. The molecular weight excluding hydrogens is 296 g/mol. The molecule has 0 aliphatic carbocycles. The van der Waals surface area contributed by atoms with Crippen molar-refractivity contribution >= 4 is 29.0 Å². The summed E-state index contributed by atoms with van der Waals surface area (Å²) in [5.41, 5.74) is 7.13. The molecule has 3 N–H and O–H groups in total. The van der Waals surface area contributed by atoms with E-state index in [-0.39, 0.29) is 11.2 Å². The van der Waals surface area contributed by atoms with E-state index in [1.165, 1.54) is 11.8 Å². The monoisotopic (exact) mass is 316 g/mol. The van der Waals surface area contributed by atoms with Gasteiger partial charge in [-0.15, -0.1) is 11.8 Å². The molecule has 0 bridgehead atoms. The highest BCUT2D eigenvalue weighted by molar-refractivity contribution is 8.00. The minimum atomic E-state index is -0.199. The van der Waals surface area contributed by atoms with Gasteiger partial charge in [0.25, 0.3) is 0 Å². The highest BCUT2D eigenvalue weighted by Crippen LogP contribution is 2.25. The fourth-order valence-corrected chi connectivity index (χ4v) is 2.72. The maximum atomic E-state index is 12.2. The first-order valence-corrected chi connectivity index (χ1v) is 8.02. The second-order valence-electron chi connectivity index (χ2n) is 4.78. The van der Waals surface area contributed by atoms with Crippen LogP contribution in [0.25, 0.3) is 0 Å². The lowest BCUT2D eigenvalue weighted by atomic mass is 10.3. The summed E-state index contributed by atoms with van der Waals surface area (Å²) in [6.45, 7) is 4.44. The third-order valence-corrected chi connectivity index (χ3v) is 4.11. The largest absolute Gasteiger partial charge is 0.494 e. The summed E-state index contributed by atoms with van der Waals surface area (Å²) in [6.07, 6.45) is 0. The van der Waals surface area contributed by atoms with Gasteiger partial charge in [-0.1, -0.05) is 0 Å². The maximum Gasteiger partial charge on any atom is 0.237 e. The van der Waals surface area contributed by atoms with Crippen LogP contribution in [0, 0.1) is 0 Å². The minimum absolute atomic E-state index is 0.0361. The number of hydrogen-bond acceptors (Lipinski definition) is 4. The first kappa shape index (κ1) is 16.2. The highest BCUT2D eigenvalue weighted by Gasteiger charge is 2.14. The number of nitrogens with two attached hydrogens (primary N) is 1. The average Bonchev–Trinajstić information content (AvgIpc) is 2.51. The molecule has 1 unspecified atom stereocenters. The molecule has 0 aliphatic rings. The van der Waals surface area contributed by atoms with Crippen LogP contribution in [-0.2, 0) is 4.79 Å². The second-order valence-corrected chi connectivity index (χ2v) is 6.19. The predicted octanol–water partition coefficient (Wildman–Crippen LogP) is 3.79. The molecule has 5 heteroatoms. The molecule has 2 aromatic carbocycles. The molecule has 2 rings (SSSR count). The molecule has 1 atom stereocenters. The van der Waals surface area contributed by atoms with Crippen LogP contribution in [0.2, 0.25) is 0 Å². The molecule has 0 spiro atoms. The van der Waals surface area contributed by atoms with E-state index in [0.717, 1.165) is 22.0 Å². The van der Waals surface area contributed by atoms with Crippen molar-refractivity contribution < 1.29 is 9.53 Å². The van der Waals surface area contributed by atoms with Crippen LogP contribution in [0.5, 0.6) is 5.75 Å². The van der Waals surface area contributed by atoms with Gasteiger partial charge in [0.2, 0.25) is 5.91 Å². The van der Waals surface area contributed by atoms with Gasteiger partial charge in [-0.3, -0.25) is 4.79 Å². The van der Waals surface area contributed by atoms with Gasteiger partial charge in [0.1, 0.15) is 5.75 Å². The summed E-state index contributed by atoms with van der Waals surface area (Å²) in [4.78, 5) is 13.2. The third kappa shape index (κ3) is 4.70. The number of benzene rings is 2. The van der Waals surface area contributed by atoms with Crippen LogP contribution in [0.4, 0.5) is 11.4 Å². The number of carbonyl (C=O) groups is 1. The van der Waals surface area contributed by atoms with Crippen molar-refractivity contribution in [1.82, 2.24) is 0 Å². The highest BCUT2D eigenvalue weighted by atomic mass is 32.2. The Kier molecular flexibility index (Phi) is 5.72. The normalized spacial score (nSPS) is 11.7. The zero-order valence-electron chi connectivity index (χ0n) is 12.7. The van der Waals surface area contributed by atoms with Crippen LogP contribution in [0.1, 0.15) is 13.8 Å². The van der Waals surface area contributed by atoms with E-state index in [4.69, 9.17) is 10.5 Å². The van der Waals surface area contributed by atoms with Gasteiger partial charge < -0.3 is 15.8 Å². The smallest absolute Gasteiger partial charge is 0.237 e. The molecule has 4 nitrogen and oxygen atoms in total. The molecule has 0 aromatic heterocycles. The Morgan fingerprint density at radius 3 is 2.41 bits per heavy atom. The van der Waals surface area contributed by atoms with Gasteiger partial charge in [0.15, 0.2) is 0 Å². The number of ether oxygens (including phenoxy) is 1. The zero-order valence-corrected chi connectivity index (χ0v) is 13.5. The molecule has 0 heterocycles. The van der Waals surface area contributed by atoms with Gasteiger partial charge in [0, 0.05) is 16.3 Å². The summed E-state index contributed by atoms with van der Waals surface area (Å²) >= 11 is 1.50. The molecule has 0 saturated heterocycles. The number of rotatable bonds is 6. The summed E-state index contributed by atoms with van der Waals surface area (Å²) < 4.78 is 5.37. The van der Waals surface area contributed by atoms with Crippen molar-refractivity contribution in [2.24, 2.45) is 0 Å². The van der Waals surface area contributed by atoms with Gasteiger partial charge in [-0.05, 0) is 62.4 Å². The Morgan fingerprint density at radius 2 is 1.82 bits per heavy atom. The van der Waals surface area contributed by atoms with E-state index in [1.54, 1.807) is 0 Å². The second kappa shape index (κ2) is 7.75. The summed E-state index contributed by atoms with van der Waals surface area (Å²) in [5.74, 6) is 0.760.